The Labute approximate surface area is 146 Å². The zero-order valence-corrected chi connectivity index (χ0v) is 13.5. The molecule has 1 aromatic carbocycles. The van der Waals surface area contributed by atoms with E-state index in [1.807, 2.05) is 6.07 Å². The normalized spacial score (nSPS) is 10.9. The van der Waals surface area contributed by atoms with Crippen LogP contribution >= 0.6 is 0 Å². The van der Waals surface area contributed by atoms with Crippen LogP contribution in [0, 0.1) is 21.4 Å². The number of pyridine rings is 1. The lowest BCUT2D eigenvalue weighted by atomic mass is 10.1. The minimum absolute atomic E-state index is 0.0493. The van der Waals surface area contributed by atoms with Gasteiger partial charge in [0.1, 0.15) is 11.6 Å². The van der Waals surface area contributed by atoms with Crippen LogP contribution in [0.15, 0.2) is 36.7 Å². The van der Waals surface area contributed by atoms with Crippen molar-refractivity contribution in [3.63, 3.8) is 0 Å². The number of nitriles is 1. The number of imidazole rings is 1. The second-order valence-corrected chi connectivity index (χ2v) is 5.48. The Morgan fingerprint density at radius 1 is 1.42 bits per heavy atom. The Bertz CT molecular complexity index is 1030. The molecule has 3 rings (SSSR count). The molecule has 2 aromatic heterocycles. The van der Waals surface area contributed by atoms with Gasteiger partial charge in [0.2, 0.25) is 0 Å². The van der Waals surface area contributed by atoms with Crippen LogP contribution in [0.4, 0.5) is 20.3 Å². The molecule has 0 unspecified atom stereocenters. The van der Waals surface area contributed by atoms with Crippen LogP contribution in [-0.4, -0.2) is 26.5 Å². The zero-order valence-electron chi connectivity index (χ0n) is 13.5. The Hall–Kier alpha value is -3.61. The van der Waals surface area contributed by atoms with Gasteiger partial charge in [-0.25, -0.2) is 9.97 Å². The average Bonchev–Trinajstić information content (AvgIpc) is 3.08. The van der Waals surface area contributed by atoms with E-state index in [1.165, 1.54) is 36.7 Å². The lowest BCUT2D eigenvalue weighted by molar-refractivity contribution is -0.384. The van der Waals surface area contributed by atoms with Gasteiger partial charge in [-0.2, -0.15) is 14.0 Å². The van der Waals surface area contributed by atoms with E-state index in [-0.39, 0.29) is 23.6 Å². The monoisotopic (exact) mass is 358 g/mol. The van der Waals surface area contributed by atoms with Crippen LogP contribution in [0.5, 0.6) is 0 Å². The van der Waals surface area contributed by atoms with Gasteiger partial charge in [0, 0.05) is 37.0 Å². The van der Waals surface area contributed by atoms with Crippen molar-refractivity contribution < 1.29 is 13.7 Å². The van der Waals surface area contributed by atoms with Crippen molar-refractivity contribution in [3.05, 3.63) is 58.2 Å². The summed E-state index contributed by atoms with van der Waals surface area (Å²) in [7, 11) is 1.63. The van der Waals surface area contributed by atoms with Crippen molar-refractivity contribution >= 4 is 22.4 Å². The number of fused-ring (bicyclic) bond motifs is 1. The molecule has 0 bridgehead atoms. The number of nitro benzene ring substituents is 1. The Kier molecular flexibility index (Phi) is 4.45. The number of hydrogen-bond donors (Lipinski definition) is 0. The molecule has 0 atom stereocenters. The molecular weight excluding hydrogens is 346 g/mol. The molecule has 0 aliphatic heterocycles. The largest absolute Gasteiger partial charge is 0.352 e. The number of alkyl halides is 2. The lowest BCUT2D eigenvalue weighted by Gasteiger charge is -2.19. The maximum atomic E-state index is 12.9. The van der Waals surface area contributed by atoms with E-state index in [9.17, 15) is 24.2 Å². The van der Waals surface area contributed by atoms with E-state index in [2.05, 4.69) is 9.97 Å². The van der Waals surface area contributed by atoms with Gasteiger partial charge in [-0.05, 0) is 12.1 Å². The standard InChI is InChI=1S/C16H12F2N6O2/c1-22(9-15-20-4-5-23(15)16(17)18)14-6-10(8-19)12-7-11(24(25)26)2-3-13(12)21-14/h2-7,16H,9H2,1H3. The van der Waals surface area contributed by atoms with Crippen LogP contribution in [0.3, 0.4) is 0 Å². The molecule has 0 N–H and O–H groups in total. The van der Waals surface area contributed by atoms with E-state index < -0.39 is 11.5 Å². The lowest BCUT2D eigenvalue weighted by Crippen LogP contribution is -2.21. The van der Waals surface area contributed by atoms with E-state index >= 15 is 0 Å². The van der Waals surface area contributed by atoms with E-state index in [1.54, 1.807) is 11.9 Å². The van der Waals surface area contributed by atoms with Gasteiger partial charge in [-0.1, -0.05) is 0 Å². The van der Waals surface area contributed by atoms with Gasteiger partial charge in [-0.3, -0.25) is 14.7 Å². The van der Waals surface area contributed by atoms with Gasteiger partial charge >= 0.3 is 6.55 Å². The van der Waals surface area contributed by atoms with Crippen molar-refractivity contribution in [3.8, 4) is 6.07 Å². The summed E-state index contributed by atoms with van der Waals surface area (Å²) in [6, 6.07) is 7.48. The highest BCUT2D eigenvalue weighted by molar-refractivity contribution is 5.88. The number of halogens is 2. The Balaban J connectivity index is 2.00. The maximum absolute atomic E-state index is 12.9. The molecule has 0 radical (unpaired) electrons. The Morgan fingerprint density at radius 2 is 2.19 bits per heavy atom. The van der Waals surface area contributed by atoms with Crippen LogP contribution < -0.4 is 4.90 Å². The molecule has 2 heterocycles. The predicted molar refractivity (Wildman–Crippen MR) is 88.7 cm³/mol. The number of non-ortho nitro benzene ring substituents is 1. The van der Waals surface area contributed by atoms with Gasteiger partial charge in [0.05, 0.1) is 28.6 Å². The van der Waals surface area contributed by atoms with Crippen molar-refractivity contribution in [2.75, 3.05) is 11.9 Å². The smallest absolute Gasteiger partial charge is 0.319 e. The molecule has 0 amide bonds. The minimum atomic E-state index is -2.71. The number of aromatic nitrogens is 3. The molecule has 0 fully saturated rings. The third-order valence-corrected chi connectivity index (χ3v) is 3.84. The maximum Gasteiger partial charge on any atom is 0.319 e. The molecule has 0 saturated heterocycles. The second kappa shape index (κ2) is 6.72. The summed E-state index contributed by atoms with van der Waals surface area (Å²) in [5.74, 6) is 0.512. The summed E-state index contributed by atoms with van der Waals surface area (Å²) >= 11 is 0. The van der Waals surface area contributed by atoms with Crippen molar-refractivity contribution in [1.29, 1.82) is 5.26 Å². The first-order valence-electron chi connectivity index (χ1n) is 7.41. The molecule has 0 saturated carbocycles. The summed E-state index contributed by atoms with van der Waals surface area (Å²) in [6.45, 7) is -2.66. The molecule has 0 aliphatic rings. The first-order valence-corrected chi connectivity index (χ1v) is 7.41. The first-order chi connectivity index (χ1) is 12.4. The third-order valence-electron chi connectivity index (χ3n) is 3.84. The molecule has 0 aliphatic carbocycles. The number of benzene rings is 1. The van der Waals surface area contributed by atoms with Gasteiger partial charge in [-0.15, -0.1) is 0 Å². The molecule has 132 valence electrons. The average molecular weight is 358 g/mol. The summed E-state index contributed by atoms with van der Waals surface area (Å²) in [5, 5.41) is 20.6. The highest BCUT2D eigenvalue weighted by Crippen LogP contribution is 2.26. The summed E-state index contributed by atoms with van der Waals surface area (Å²) < 4.78 is 26.6. The fourth-order valence-electron chi connectivity index (χ4n) is 2.54. The Morgan fingerprint density at radius 3 is 2.85 bits per heavy atom. The molecule has 26 heavy (non-hydrogen) atoms. The third kappa shape index (κ3) is 3.14. The van der Waals surface area contributed by atoms with Crippen molar-refractivity contribution in [2.24, 2.45) is 0 Å². The van der Waals surface area contributed by atoms with E-state index in [4.69, 9.17) is 0 Å². The van der Waals surface area contributed by atoms with Gasteiger partial charge < -0.3 is 4.90 Å². The summed E-state index contributed by atoms with van der Waals surface area (Å²) in [6.07, 6.45) is 2.46. The van der Waals surface area contributed by atoms with E-state index in [0.717, 1.165) is 4.57 Å². The van der Waals surface area contributed by atoms with Crippen LogP contribution in [0.2, 0.25) is 0 Å². The van der Waals surface area contributed by atoms with Crippen molar-refractivity contribution in [1.82, 2.24) is 14.5 Å². The molecule has 8 nitrogen and oxygen atoms in total. The first kappa shape index (κ1) is 17.2. The molecule has 3 aromatic rings. The number of nitrogens with zero attached hydrogens (tertiary/aromatic N) is 6. The van der Waals surface area contributed by atoms with Crippen LogP contribution in [-0.2, 0) is 6.54 Å². The quantitative estimate of drug-likeness (QED) is 0.513. The molecule has 0 spiro atoms. The summed E-state index contributed by atoms with van der Waals surface area (Å²) in [4.78, 5) is 20.2. The SMILES string of the molecule is CN(Cc1nccn1C(F)F)c1cc(C#N)c2cc([N+](=O)[O-])ccc2n1. The highest BCUT2D eigenvalue weighted by Gasteiger charge is 2.16. The minimum Gasteiger partial charge on any atom is -0.352 e. The summed E-state index contributed by atoms with van der Waals surface area (Å²) in [5.41, 5.74) is 0.460. The number of nitro groups is 1. The van der Waals surface area contributed by atoms with Crippen LogP contribution in [0.25, 0.3) is 10.9 Å². The van der Waals surface area contributed by atoms with E-state index in [0.29, 0.717) is 16.7 Å². The topological polar surface area (TPSA) is 101 Å². The van der Waals surface area contributed by atoms with Gasteiger partial charge in [0.25, 0.3) is 5.69 Å². The van der Waals surface area contributed by atoms with Gasteiger partial charge in [0.15, 0.2) is 0 Å². The molecular formula is C16H12F2N6O2. The number of rotatable bonds is 5. The second-order valence-electron chi connectivity index (χ2n) is 5.48. The highest BCUT2D eigenvalue weighted by atomic mass is 19.3. The fourth-order valence-corrected chi connectivity index (χ4v) is 2.54. The predicted octanol–water partition coefficient (Wildman–Crippen LogP) is 3.24. The zero-order chi connectivity index (χ0) is 18.8. The fraction of sp³-hybridized carbons (Fsp3) is 0.188. The van der Waals surface area contributed by atoms with Crippen molar-refractivity contribution in [2.45, 2.75) is 13.1 Å². The van der Waals surface area contributed by atoms with Crippen LogP contribution in [0.1, 0.15) is 17.9 Å². The number of anilines is 1. The molecule has 10 heteroatoms. The number of hydrogen-bond acceptors (Lipinski definition) is 6.